The summed E-state index contributed by atoms with van der Waals surface area (Å²) in [6.07, 6.45) is 2.33. The number of halogens is 2. The lowest BCUT2D eigenvalue weighted by molar-refractivity contribution is -0.114. The van der Waals surface area contributed by atoms with Gasteiger partial charge in [-0.05, 0) is 30.5 Å². The summed E-state index contributed by atoms with van der Waals surface area (Å²) in [7, 11) is 0. The van der Waals surface area contributed by atoms with Crippen LogP contribution in [0.15, 0.2) is 29.8 Å². The highest BCUT2D eigenvalue weighted by Gasteiger charge is 2.20. The van der Waals surface area contributed by atoms with Crippen LogP contribution in [-0.4, -0.2) is 5.78 Å². The van der Waals surface area contributed by atoms with Crippen molar-refractivity contribution in [3.63, 3.8) is 0 Å². The largest absolute Gasteiger partial charge is 0.294 e. The Balaban J connectivity index is 2.38. The molecule has 1 aromatic carbocycles. The van der Waals surface area contributed by atoms with E-state index in [1.807, 2.05) is 12.1 Å². The third-order valence-electron chi connectivity index (χ3n) is 2.53. The van der Waals surface area contributed by atoms with Crippen molar-refractivity contribution in [2.75, 3.05) is 0 Å². The van der Waals surface area contributed by atoms with Gasteiger partial charge in [-0.1, -0.05) is 35.3 Å². The molecule has 1 aliphatic rings. The summed E-state index contributed by atoms with van der Waals surface area (Å²) in [4.78, 5) is 11.5. The van der Waals surface area contributed by atoms with E-state index in [0.717, 1.165) is 24.0 Å². The number of allylic oxidation sites excluding steroid dienone is 1. The second-order valence-corrected chi connectivity index (χ2v) is 4.39. The number of carbonyl (C=O) groups is 1. The summed E-state index contributed by atoms with van der Waals surface area (Å²) in [5, 5.41) is 1.25. The average Bonchev–Trinajstić information content (AvgIpc) is 2.65. The van der Waals surface area contributed by atoms with Crippen molar-refractivity contribution in [2.45, 2.75) is 19.3 Å². The number of carbonyl (C=O) groups excluding carboxylic acids is 1. The number of rotatable bonds is 1. The van der Waals surface area contributed by atoms with Crippen LogP contribution in [0.25, 0.3) is 5.03 Å². The van der Waals surface area contributed by atoms with Gasteiger partial charge >= 0.3 is 0 Å². The van der Waals surface area contributed by atoms with Crippen LogP contribution >= 0.6 is 23.2 Å². The van der Waals surface area contributed by atoms with Gasteiger partial charge in [0.2, 0.25) is 0 Å². The Morgan fingerprint density at radius 3 is 2.33 bits per heavy atom. The maximum atomic E-state index is 11.5. The van der Waals surface area contributed by atoms with Crippen LogP contribution in [-0.2, 0) is 4.79 Å². The monoisotopic (exact) mass is 240 g/mol. The number of hydrogen-bond donors (Lipinski definition) is 0. The highest BCUT2D eigenvalue weighted by molar-refractivity contribution is 6.51. The summed E-state index contributed by atoms with van der Waals surface area (Å²) >= 11 is 12.0. The molecular formula is C12H10Cl2O. The van der Waals surface area contributed by atoms with E-state index >= 15 is 0 Å². The maximum absolute atomic E-state index is 11.5. The minimum Gasteiger partial charge on any atom is -0.294 e. The Morgan fingerprint density at radius 1 is 1.13 bits per heavy atom. The third-order valence-corrected chi connectivity index (χ3v) is 3.23. The molecule has 2 rings (SSSR count). The Labute approximate surface area is 98.7 Å². The van der Waals surface area contributed by atoms with E-state index < -0.39 is 0 Å². The predicted octanol–water partition coefficient (Wildman–Crippen LogP) is 4.04. The van der Waals surface area contributed by atoms with Crippen molar-refractivity contribution in [3.05, 3.63) is 40.4 Å². The van der Waals surface area contributed by atoms with Gasteiger partial charge in [0.05, 0.1) is 5.03 Å². The van der Waals surface area contributed by atoms with Crippen LogP contribution in [0, 0.1) is 0 Å². The van der Waals surface area contributed by atoms with Crippen LogP contribution in [0.3, 0.4) is 0 Å². The van der Waals surface area contributed by atoms with Gasteiger partial charge in [0.1, 0.15) is 0 Å². The lowest BCUT2D eigenvalue weighted by atomic mass is 10.1. The van der Waals surface area contributed by atoms with Crippen molar-refractivity contribution in [1.82, 2.24) is 0 Å². The topological polar surface area (TPSA) is 17.1 Å². The Kier molecular flexibility index (Phi) is 3.13. The molecule has 0 heterocycles. The SMILES string of the molecule is O=C1CCC/C1=C(\Cl)c1ccc(Cl)cc1. The van der Waals surface area contributed by atoms with Gasteiger partial charge in [-0.2, -0.15) is 0 Å². The Hall–Kier alpha value is -0.790. The molecular weight excluding hydrogens is 231 g/mol. The molecule has 0 radical (unpaired) electrons. The predicted molar refractivity (Wildman–Crippen MR) is 63.1 cm³/mol. The molecule has 0 spiro atoms. The molecule has 0 amide bonds. The second-order valence-electron chi connectivity index (χ2n) is 3.58. The summed E-state index contributed by atoms with van der Waals surface area (Å²) in [5.41, 5.74) is 1.63. The number of Topliss-reactive ketones (excluding diaryl/α,β-unsaturated/α-hetero) is 1. The van der Waals surface area contributed by atoms with E-state index in [1.54, 1.807) is 12.1 Å². The molecule has 0 N–H and O–H groups in total. The van der Waals surface area contributed by atoms with Crippen molar-refractivity contribution in [3.8, 4) is 0 Å². The minimum absolute atomic E-state index is 0.176. The molecule has 15 heavy (non-hydrogen) atoms. The number of ketones is 1. The van der Waals surface area contributed by atoms with E-state index in [2.05, 4.69) is 0 Å². The van der Waals surface area contributed by atoms with E-state index in [4.69, 9.17) is 23.2 Å². The van der Waals surface area contributed by atoms with Crippen LogP contribution in [0.2, 0.25) is 5.02 Å². The van der Waals surface area contributed by atoms with E-state index in [0.29, 0.717) is 16.5 Å². The van der Waals surface area contributed by atoms with E-state index in [1.165, 1.54) is 0 Å². The first-order chi connectivity index (χ1) is 7.18. The highest BCUT2D eigenvalue weighted by atomic mass is 35.5. The molecule has 0 bridgehead atoms. The smallest absolute Gasteiger partial charge is 0.160 e. The van der Waals surface area contributed by atoms with Gasteiger partial charge in [0, 0.05) is 17.0 Å². The molecule has 1 saturated carbocycles. The van der Waals surface area contributed by atoms with Crippen LogP contribution in [0.5, 0.6) is 0 Å². The first-order valence-electron chi connectivity index (χ1n) is 4.86. The zero-order chi connectivity index (χ0) is 10.8. The summed E-state index contributed by atoms with van der Waals surface area (Å²) < 4.78 is 0. The van der Waals surface area contributed by atoms with Crippen LogP contribution < -0.4 is 0 Å². The van der Waals surface area contributed by atoms with E-state index in [9.17, 15) is 4.79 Å². The Bertz CT molecular complexity index is 418. The number of hydrogen-bond acceptors (Lipinski definition) is 1. The zero-order valence-corrected chi connectivity index (χ0v) is 9.61. The van der Waals surface area contributed by atoms with Crippen LogP contribution in [0.4, 0.5) is 0 Å². The molecule has 0 saturated heterocycles. The molecule has 1 aliphatic carbocycles. The van der Waals surface area contributed by atoms with E-state index in [-0.39, 0.29) is 5.78 Å². The molecule has 0 aromatic heterocycles. The van der Waals surface area contributed by atoms with Crippen molar-refractivity contribution in [2.24, 2.45) is 0 Å². The molecule has 0 unspecified atom stereocenters. The van der Waals surface area contributed by atoms with Crippen molar-refractivity contribution in [1.29, 1.82) is 0 Å². The number of benzene rings is 1. The molecule has 1 nitrogen and oxygen atoms in total. The van der Waals surface area contributed by atoms with Gasteiger partial charge in [-0.15, -0.1) is 0 Å². The van der Waals surface area contributed by atoms with Gasteiger partial charge in [-0.25, -0.2) is 0 Å². The standard InChI is InChI=1S/C12H10Cl2O/c13-9-6-4-8(5-7-9)12(14)10-2-1-3-11(10)15/h4-7H,1-3H2/b12-10+. The van der Waals surface area contributed by atoms with Crippen LogP contribution in [0.1, 0.15) is 24.8 Å². The van der Waals surface area contributed by atoms with Gasteiger partial charge < -0.3 is 0 Å². The van der Waals surface area contributed by atoms with Crippen molar-refractivity contribution < 1.29 is 4.79 Å². The summed E-state index contributed by atoms with van der Waals surface area (Å²) in [6.45, 7) is 0. The second kappa shape index (κ2) is 4.38. The molecule has 0 atom stereocenters. The first kappa shape index (κ1) is 10.7. The highest BCUT2D eigenvalue weighted by Crippen LogP contribution is 2.32. The van der Waals surface area contributed by atoms with Gasteiger partial charge in [0.15, 0.2) is 5.78 Å². The lowest BCUT2D eigenvalue weighted by Crippen LogP contribution is -1.94. The van der Waals surface area contributed by atoms with Gasteiger partial charge in [-0.3, -0.25) is 4.79 Å². The molecule has 78 valence electrons. The lowest BCUT2D eigenvalue weighted by Gasteiger charge is -2.03. The summed E-state index contributed by atoms with van der Waals surface area (Å²) in [5.74, 6) is 0.176. The molecule has 1 aromatic rings. The molecule has 3 heteroatoms. The quantitative estimate of drug-likeness (QED) is 0.678. The molecule has 1 fully saturated rings. The van der Waals surface area contributed by atoms with Crippen molar-refractivity contribution >= 4 is 34.0 Å². The fraction of sp³-hybridized carbons (Fsp3) is 0.250. The van der Waals surface area contributed by atoms with Gasteiger partial charge in [0.25, 0.3) is 0 Å². The fourth-order valence-corrected chi connectivity index (χ4v) is 2.17. The normalized spacial score (nSPS) is 19.5. The average molecular weight is 241 g/mol. The zero-order valence-electron chi connectivity index (χ0n) is 8.09. The molecule has 0 aliphatic heterocycles. The Morgan fingerprint density at radius 2 is 1.80 bits per heavy atom. The first-order valence-corrected chi connectivity index (χ1v) is 5.62. The maximum Gasteiger partial charge on any atom is 0.160 e. The third kappa shape index (κ3) is 2.24. The fourth-order valence-electron chi connectivity index (χ4n) is 1.72. The minimum atomic E-state index is 0.176. The summed E-state index contributed by atoms with van der Waals surface area (Å²) in [6, 6.07) is 7.23.